The number of hydrogen-bond acceptors (Lipinski definition) is 9. The second kappa shape index (κ2) is 5.24. The summed E-state index contributed by atoms with van der Waals surface area (Å²) in [6.07, 6.45) is -3.89. The normalized spacial score (nSPS) is 37.7. The van der Waals surface area contributed by atoms with Crippen LogP contribution in [-0.2, 0) is 28.6 Å². The molecule has 0 radical (unpaired) electrons. The number of carbonyl (C=O) groups excluding carboxylic acids is 3. The first kappa shape index (κ1) is 15.7. The summed E-state index contributed by atoms with van der Waals surface area (Å²) in [6.45, 7) is 1.47. The molecule has 0 spiro atoms. The first-order chi connectivity index (χ1) is 9.64. The molecular weight excluding hydrogens is 288 g/mol. The van der Waals surface area contributed by atoms with Gasteiger partial charge in [0.25, 0.3) is 0 Å². The summed E-state index contributed by atoms with van der Waals surface area (Å²) in [7, 11) is 0. The maximum absolute atomic E-state index is 11.8. The highest BCUT2D eigenvalue weighted by Gasteiger charge is 2.59. The Morgan fingerprint density at radius 1 is 1.19 bits per heavy atom. The van der Waals surface area contributed by atoms with Gasteiger partial charge in [0.1, 0.15) is 0 Å². The molecule has 0 aromatic heterocycles. The topological polar surface area (TPSA) is 140 Å². The molecule has 0 aromatic carbocycles. The van der Waals surface area contributed by atoms with Crippen LogP contribution in [-0.4, -0.2) is 57.0 Å². The van der Waals surface area contributed by atoms with Crippen molar-refractivity contribution in [3.8, 4) is 0 Å². The molecule has 4 atom stereocenters. The zero-order valence-corrected chi connectivity index (χ0v) is 11.3. The first-order valence-electron chi connectivity index (χ1n) is 6.42. The number of fused-ring (bicyclic) bond motifs is 3. The molecule has 3 N–H and O–H groups in total. The number of aliphatic hydroxyl groups excluding tert-OH is 1. The van der Waals surface area contributed by atoms with Crippen LogP contribution >= 0.6 is 0 Å². The van der Waals surface area contributed by atoms with Crippen LogP contribution in [0.15, 0.2) is 0 Å². The van der Waals surface area contributed by atoms with Crippen LogP contribution in [0.1, 0.15) is 32.6 Å². The summed E-state index contributed by atoms with van der Waals surface area (Å²) in [5, 5.41) is 29.4. The second-order valence-corrected chi connectivity index (χ2v) is 5.28. The first-order valence-corrected chi connectivity index (χ1v) is 6.42. The van der Waals surface area contributed by atoms with E-state index in [-0.39, 0.29) is 12.8 Å². The SMILES string of the molecule is CC(O)CCC1OC(=O)CC2(O)CC(=O)OC1(O)OC2=O. The third-order valence-corrected chi connectivity index (χ3v) is 3.28. The van der Waals surface area contributed by atoms with Gasteiger partial charge in [-0.2, -0.15) is 0 Å². The monoisotopic (exact) mass is 304 g/mol. The number of hydrogen-bond donors (Lipinski definition) is 3. The highest BCUT2D eigenvalue weighted by atomic mass is 16.9. The quantitative estimate of drug-likeness (QED) is 0.522. The van der Waals surface area contributed by atoms with E-state index in [4.69, 9.17) is 4.74 Å². The highest BCUT2D eigenvalue weighted by Crippen LogP contribution is 2.34. The number of cyclic esters (lactones) is 1. The van der Waals surface area contributed by atoms with Gasteiger partial charge in [0, 0.05) is 0 Å². The lowest BCUT2D eigenvalue weighted by Crippen LogP contribution is -2.55. The van der Waals surface area contributed by atoms with Crippen molar-refractivity contribution in [3.63, 3.8) is 0 Å². The van der Waals surface area contributed by atoms with Crippen LogP contribution in [0.4, 0.5) is 0 Å². The summed E-state index contributed by atoms with van der Waals surface area (Å²) >= 11 is 0. The van der Waals surface area contributed by atoms with Gasteiger partial charge in [-0.05, 0) is 19.8 Å². The molecule has 118 valence electrons. The molecule has 21 heavy (non-hydrogen) atoms. The van der Waals surface area contributed by atoms with Gasteiger partial charge in [0.2, 0.25) is 6.10 Å². The van der Waals surface area contributed by atoms with Crippen LogP contribution in [0.3, 0.4) is 0 Å². The van der Waals surface area contributed by atoms with Gasteiger partial charge in [0.15, 0.2) is 5.60 Å². The van der Waals surface area contributed by atoms with E-state index in [1.807, 2.05) is 0 Å². The van der Waals surface area contributed by atoms with Gasteiger partial charge in [-0.1, -0.05) is 0 Å². The number of esters is 3. The third-order valence-electron chi connectivity index (χ3n) is 3.28. The Morgan fingerprint density at radius 3 is 2.43 bits per heavy atom. The maximum atomic E-state index is 11.8. The average Bonchev–Trinajstić information content (AvgIpc) is 2.36. The molecule has 2 saturated heterocycles. The van der Waals surface area contributed by atoms with E-state index in [1.165, 1.54) is 6.92 Å². The zero-order chi connectivity index (χ0) is 15.8. The van der Waals surface area contributed by atoms with Crippen molar-refractivity contribution < 1.29 is 43.9 Å². The molecule has 2 bridgehead atoms. The van der Waals surface area contributed by atoms with E-state index in [0.29, 0.717) is 0 Å². The minimum Gasteiger partial charge on any atom is -0.451 e. The minimum absolute atomic E-state index is 0.0969. The highest BCUT2D eigenvalue weighted by molar-refractivity contribution is 5.91. The van der Waals surface area contributed by atoms with Crippen molar-refractivity contribution in [3.05, 3.63) is 0 Å². The Hall–Kier alpha value is -1.71. The standard InChI is InChI=1S/C12H16O9/c1-6(13)2-3-7-12(18)20-9(15)5-11(17,10(16)21-12)4-8(14)19-7/h6-7,13,17-18H,2-5H2,1H3. The minimum atomic E-state index is -2.82. The molecule has 0 aliphatic carbocycles. The summed E-state index contributed by atoms with van der Waals surface area (Å²) in [6, 6.07) is 0. The zero-order valence-electron chi connectivity index (χ0n) is 11.3. The lowest BCUT2D eigenvalue weighted by atomic mass is 9.95. The lowest BCUT2D eigenvalue weighted by Gasteiger charge is -2.34. The predicted octanol–water partition coefficient (Wildman–Crippen LogP) is -1.67. The molecule has 4 unspecified atom stereocenters. The van der Waals surface area contributed by atoms with Gasteiger partial charge in [-0.25, -0.2) is 4.79 Å². The van der Waals surface area contributed by atoms with Crippen LogP contribution in [0.2, 0.25) is 0 Å². The predicted molar refractivity (Wildman–Crippen MR) is 62.1 cm³/mol. The van der Waals surface area contributed by atoms with E-state index < -0.39 is 54.5 Å². The second-order valence-electron chi connectivity index (χ2n) is 5.28. The molecule has 2 fully saturated rings. The Kier molecular flexibility index (Phi) is 3.91. The fourth-order valence-electron chi connectivity index (χ4n) is 2.17. The molecule has 2 aliphatic rings. The fourth-order valence-corrected chi connectivity index (χ4v) is 2.17. The molecule has 2 heterocycles. The van der Waals surface area contributed by atoms with Crippen molar-refractivity contribution in [2.45, 2.75) is 56.4 Å². The van der Waals surface area contributed by atoms with Crippen LogP contribution in [0.5, 0.6) is 0 Å². The van der Waals surface area contributed by atoms with E-state index in [0.717, 1.165) is 0 Å². The molecule has 2 aliphatic heterocycles. The third kappa shape index (κ3) is 3.14. The number of rotatable bonds is 3. The fraction of sp³-hybridized carbons (Fsp3) is 0.750. The van der Waals surface area contributed by atoms with Crippen LogP contribution in [0, 0.1) is 0 Å². The van der Waals surface area contributed by atoms with Gasteiger partial charge in [0.05, 0.1) is 18.9 Å². The van der Waals surface area contributed by atoms with Crippen molar-refractivity contribution in [1.29, 1.82) is 0 Å². The Morgan fingerprint density at radius 2 is 1.81 bits per heavy atom. The van der Waals surface area contributed by atoms with Gasteiger partial charge in [-0.3, -0.25) is 9.59 Å². The van der Waals surface area contributed by atoms with Crippen molar-refractivity contribution in [1.82, 2.24) is 0 Å². The average molecular weight is 304 g/mol. The molecule has 2 rings (SSSR count). The number of aliphatic hydroxyl groups is 3. The Balaban J connectivity index is 2.34. The smallest absolute Gasteiger partial charge is 0.413 e. The summed E-state index contributed by atoms with van der Waals surface area (Å²) < 4.78 is 14.2. The summed E-state index contributed by atoms with van der Waals surface area (Å²) in [5.74, 6) is -6.24. The van der Waals surface area contributed by atoms with Crippen LogP contribution in [0.25, 0.3) is 0 Å². The van der Waals surface area contributed by atoms with Crippen molar-refractivity contribution in [2.24, 2.45) is 0 Å². The largest absolute Gasteiger partial charge is 0.451 e. The summed E-state index contributed by atoms with van der Waals surface area (Å²) in [5.41, 5.74) is -2.42. The molecule has 0 saturated carbocycles. The Labute approximate surface area is 119 Å². The summed E-state index contributed by atoms with van der Waals surface area (Å²) in [4.78, 5) is 35.1. The van der Waals surface area contributed by atoms with Crippen molar-refractivity contribution in [2.75, 3.05) is 0 Å². The van der Waals surface area contributed by atoms with Gasteiger partial charge < -0.3 is 29.5 Å². The molecular formula is C12H16O9. The van der Waals surface area contributed by atoms with E-state index >= 15 is 0 Å². The van der Waals surface area contributed by atoms with Crippen molar-refractivity contribution >= 4 is 17.9 Å². The lowest BCUT2D eigenvalue weighted by molar-refractivity contribution is -0.363. The van der Waals surface area contributed by atoms with Gasteiger partial charge >= 0.3 is 23.9 Å². The Bertz CT molecular complexity index is 473. The number of carbonyl (C=O) groups is 3. The van der Waals surface area contributed by atoms with Crippen LogP contribution < -0.4 is 0 Å². The van der Waals surface area contributed by atoms with Gasteiger partial charge in [-0.15, -0.1) is 0 Å². The molecule has 9 heteroatoms. The molecule has 0 aromatic rings. The number of ether oxygens (including phenoxy) is 3. The molecule has 9 nitrogen and oxygen atoms in total. The maximum Gasteiger partial charge on any atom is 0.413 e. The molecule has 0 amide bonds. The van der Waals surface area contributed by atoms with E-state index in [9.17, 15) is 29.7 Å². The van der Waals surface area contributed by atoms with E-state index in [1.54, 1.807) is 0 Å². The van der Waals surface area contributed by atoms with E-state index in [2.05, 4.69) is 9.47 Å².